The summed E-state index contributed by atoms with van der Waals surface area (Å²) in [5, 5.41) is 7.56. The van der Waals surface area contributed by atoms with E-state index in [9.17, 15) is 0 Å². The molecule has 0 fully saturated rings. The van der Waals surface area contributed by atoms with E-state index in [2.05, 4.69) is 151 Å². The number of benzene rings is 7. The van der Waals surface area contributed by atoms with Gasteiger partial charge in [0.05, 0.1) is 16.7 Å². The zero-order valence-electron chi connectivity index (χ0n) is 22.9. The highest BCUT2D eigenvalue weighted by Gasteiger charge is 2.21. The van der Waals surface area contributed by atoms with E-state index in [0.29, 0.717) is 0 Å². The Kier molecular flexibility index (Phi) is 5.46. The summed E-state index contributed by atoms with van der Waals surface area (Å²) >= 11 is 0. The second-order valence-electron chi connectivity index (χ2n) is 10.6. The first kappa shape index (κ1) is 23.7. The Hall–Kier alpha value is -5.21. The summed E-state index contributed by atoms with van der Waals surface area (Å²) in [6.07, 6.45) is 0.852. The molecule has 2 heteroatoms. The number of para-hydroxylation sites is 3. The fourth-order valence-electron chi connectivity index (χ4n) is 6.61. The number of aromatic nitrogens is 2. The second-order valence-corrected chi connectivity index (χ2v) is 10.6. The Morgan fingerprint density at radius 3 is 1.71 bits per heavy atom. The van der Waals surface area contributed by atoms with Crippen LogP contribution in [0.5, 0.6) is 0 Å². The first-order valence-electron chi connectivity index (χ1n) is 14.3. The van der Waals surface area contributed by atoms with E-state index in [1.54, 1.807) is 0 Å². The van der Waals surface area contributed by atoms with E-state index < -0.39 is 0 Å². The first-order chi connectivity index (χ1) is 20.3. The fourth-order valence-corrected chi connectivity index (χ4v) is 6.61. The highest BCUT2D eigenvalue weighted by molar-refractivity contribution is 6.24. The molecule has 0 unspecified atom stereocenters. The molecule has 0 atom stereocenters. The van der Waals surface area contributed by atoms with Gasteiger partial charge in [-0.05, 0) is 67.2 Å². The van der Waals surface area contributed by atoms with Crippen LogP contribution < -0.4 is 0 Å². The van der Waals surface area contributed by atoms with Crippen LogP contribution in [0, 0.1) is 0 Å². The van der Waals surface area contributed by atoms with Crippen LogP contribution in [-0.4, -0.2) is 9.55 Å². The molecule has 0 amide bonds. The molecule has 0 aliphatic rings. The van der Waals surface area contributed by atoms with Crippen molar-refractivity contribution in [1.29, 1.82) is 0 Å². The van der Waals surface area contributed by atoms with Crippen molar-refractivity contribution in [2.75, 3.05) is 0 Å². The van der Waals surface area contributed by atoms with Gasteiger partial charge in [0.2, 0.25) is 0 Å². The molecule has 0 spiro atoms. The Labute approximate surface area is 239 Å². The molecule has 0 saturated heterocycles. The minimum atomic E-state index is 0.852. The SMILES string of the molecule is CCc1nc2ccccc2n1-c1ccccc1-c1c2ccccc2c(-c2cccc3ccccc23)c2ccccc12. The van der Waals surface area contributed by atoms with Crippen LogP contribution in [0.15, 0.2) is 140 Å². The van der Waals surface area contributed by atoms with Crippen molar-refractivity contribution in [2.24, 2.45) is 0 Å². The molecule has 0 aliphatic heterocycles. The second kappa shape index (κ2) is 9.46. The molecule has 2 nitrogen and oxygen atoms in total. The van der Waals surface area contributed by atoms with Crippen LogP contribution in [0.25, 0.3) is 71.3 Å². The van der Waals surface area contributed by atoms with E-state index in [-0.39, 0.29) is 0 Å². The van der Waals surface area contributed by atoms with Gasteiger partial charge in [0.15, 0.2) is 0 Å². The van der Waals surface area contributed by atoms with Crippen molar-refractivity contribution in [3.05, 3.63) is 145 Å². The molecule has 0 aliphatic carbocycles. The van der Waals surface area contributed by atoms with Crippen LogP contribution >= 0.6 is 0 Å². The lowest BCUT2D eigenvalue weighted by molar-refractivity contribution is 0.909. The molecule has 8 rings (SSSR count). The van der Waals surface area contributed by atoms with Gasteiger partial charge in [0.25, 0.3) is 0 Å². The molecule has 0 radical (unpaired) electrons. The van der Waals surface area contributed by atoms with Crippen LogP contribution in [-0.2, 0) is 6.42 Å². The van der Waals surface area contributed by atoms with E-state index in [1.807, 2.05) is 0 Å². The van der Waals surface area contributed by atoms with E-state index in [1.165, 1.54) is 54.6 Å². The third-order valence-electron chi connectivity index (χ3n) is 8.35. The molecular weight excluding hydrogens is 496 g/mol. The van der Waals surface area contributed by atoms with Gasteiger partial charge in [-0.25, -0.2) is 4.98 Å². The number of fused-ring (bicyclic) bond motifs is 4. The Morgan fingerprint density at radius 1 is 0.488 bits per heavy atom. The molecular formula is C39H28N2. The number of nitrogens with zero attached hydrogens (tertiary/aromatic N) is 2. The number of imidazole rings is 1. The maximum Gasteiger partial charge on any atom is 0.114 e. The highest BCUT2D eigenvalue weighted by Crippen LogP contribution is 2.46. The third-order valence-corrected chi connectivity index (χ3v) is 8.35. The van der Waals surface area contributed by atoms with Crippen LogP contribution in [0.4, 0.5) is 0 Å². The molecule has 41 heavy (non-hydrogen) atoms. The monoisotopic (exact) mass is 524 g/mol. The Balaban J connectivity index is 1.52. The lowest BCUT2D eigenvalue weighted by Crippen LogP contribution is -2.03. The molecule has 7 aromatic carbocycles. The van der Waals surface area contributed by atoms with Gasteiger partial charge in [0, 0.05) is 12.0 Å². The van der Waals surface area contributed by atoms with Crippen LogP contribution in [0.1, 0.15) is 12.7 Å². The molecule has 0 bridgehead atoms. The summed E-state index contributed by atoms with van der Waals surface area (Å²) < 4.78 is 2.35. The predicted molar refractivity (Wildman–Crippen MR) is 174 cm³/mol. The number of hydrogen-bond donors (Lipinski definition) is 0. The lowest BCUT2D eigenvalue weighted by Gasteiger charge is -2.21. The van der Waals surface area contributed by atoms with Crippen LogP contribution in [0.2, 0.25) is 0 Å². The standard InChI is InChI=1S/C39H28N2/c1-2-37-40-34-23-10-12-25-36(34)41(37)35-24-11-9-21-33(35)39-31-19-7-5-17-29(31)38(30-18-6-8-20-32(30)39)28-22-13-15-26-14-3-4-16-27(26)28/h3-25H,2H2,1H3. The van der Waals surface area contributed by atoms with Crippen LogP contribution in [0.3, 0.4) is 0 Å². The zero-order chi connectivity index (χ0) is 27.3. The maximum atomic E-state index is 5.01. The highest BCUT2D eigenvalue weighted by atomic mass is 15.1. The van der Waals surface area contributed by atoms with E-state index in [0.717, 1.165) is 29.0 Å². The third kappa shape index (κ3) is 3.61. The molecule has 8 aromatic rings. The average Bonchev–Trinajstić information content (AvgIpc) is 3.42. The van der Waals surface area contributed by atoms with Crippen molar-refractivity contribution >= 4 is 43.4 Å². The Bertz CT molecular complexity index is 2190. The number of rotatable bonds is 4. The van der Waals surface area contributed by atoms with Crippen molar-refractivity contribution in [1.82, 2.24) is 9.55 Å². The lowest BCUT2D eigenvalue weighted by atomic mass is 9.84. The summed E-state index contributed by atoms with van der Waals surface area (Å²) in [6.45, 7) is 2.18. The van der Waals surface area contributed by atoms with Gasteiger partial charge in [-0.2, -0.15) is 0 Å². The first-order valence-corrected chi connectivity index (χ1v) is 14.3. The minimum absolute atomic E-state index is 0.852. The molecule has 0 N–H and O–H groups in total. The van der Waals surface area contributed by atoms with Crippen molar-refractivity contribution in [2.45, 2.75) is 13.3 Å². The Morgan fingerprint density at radius 2 is 1.00 bits per heavy atom. The van der Waals surface area contributed by atoms with Gasteiger partial charge >= 0.3 is 0 Å². The number of aryl methyl sites for hydroxylation is 1. The van der Waals surface area contributed by atoms with Crippen molar-refractivity contribution in [3.63, 3.8) is 0 Å². The summed E-state index contributed by atoms with van der Waals surface area (Å²) in [7, 11) is 0. The summed E-state index contributed by atoms with van der Waals surface area (Å²) in [6, 6.07) is 50.4. The topological polar surface area (TPSA) is 17.8 Å². The van der Waals surface area contributed by atoms with Gasteiger partial charge in [0.1, 0.15) is 5.82 Å². The van der Waals surface area contributed by atoms with Gasteiger partial charge in [-0.3, -0.25) is 4.57 Å². The minimum Gasteiger partial charge on any atom is -0.296 e. The van der Waals surface area contributed by atoms with E-state index in [4.69, 9.17) is 4.98 Å². The molecule has 0 saturated carbocycles. The van der Waals surface area contributed by atoms with Crippen molar-refractivity contribution in [3.8, 4) is 27.9 Å². The zero-order valence-corrected chi connectivity index (χ0v) is 22.9. The fraction of sp³-hybridized carbons (Fsp3) is 0.0513. The maximum absolute atomic E-state index is 5.01. The average molecular weight is 525 g/mol. The smallest absolute Gasteiger partial charge is 0.114 e. The summed E-state index contributed by atoms with van der Waals surface area (Å²) in [5.41, 5.74) is 8.35. The molecule has 1 aromatic heterocycles. The van der Waals surface area contributed by atoms with Gasteiger partial charge < -0.3 is 0 Å². The quantitative estimate of drug-likeness (QED) is 0.209. The normalized spacial score (nSPS) is 11.6. The summed E-state index contributed by atoms with van der Waals surface area (Å²) in [4.78, 5) is 5.01. The van der Waals surface area contributed by atoms with Gasteiger partial charge in [-0.1, -0.05) is 128 Å². The van der Waals surface area contributed by atoms with Gasteiger partial charge in [-0.15, -0.1) is 0 Å². The largest absolute Gasteiger partial charge is 0.296 e. The summed E-state index contributed by atoms with van der Waals surface area (Å²) in [5.74, 6) is 1.07. The molecule has 194 valence electrons. The molecule has 1 heterocycles. The van der Waals surface area contributed by atoms with E-state index >= 15 is 0 Å². The number of hydrogen-bond acceptors (Lipinski definition) is 1. The predicted octanol–water partition coefficient (Wildman–Crippen LogP) is 10.4. The van der Waals surface area contributed by atoms with Crippen molar-refractivity contribution < 1.29 is 0 Å².